The summed E-state index contributed by atoms with van der Waals surface area (Å²) in [5.41, 5.74) is -0.161. The summed E-state index contributed by atoms with van der Waals surface area (Å²) < 4.78 is 5.59. The van der Waals surface area contributed by atoms with Crippen LogP contribution in [0.1, 0.15) is 71.6 Å². The highest BCUT2D eigenvalue weighted by atomic mass is 16.5. The third-order valence-electron chi connectivity index (χ3n) is 8.95. The lowest BCUT2D eigenvalue weighted by molar-refractivity contribution is -0.126. The van der Waals surface area contributed by atoms with Crippen molar-refractivity contribution in [1.82, 2.24) is 0 Å². The zero-order valence-electron chi connectivity index (χ0n) is 16.2. The first kappa shape index (κ1) is 18.0. The molecule has 0 heterocycles. The van der Waals surface area contributed by atoms with Gasteiger partial charge in [-0.25, -0.2) is 0 Å². The van der Waals surface area contributed by atoms with Crippen LogP contribution in [0.25, 0.3) is 0 Å². The fourth-order valence-corrected chi connectivity index (χ4v) is 7.70. The van der Waals surface area contributed by atoms with Crippen LogP contribution in [0.2, 0.25) is 0 Å². The van der Waals surface area contributed by atoms with Gasteiger partial charge in [0.1, 0.15) is 0 Å². The summed E-state index contributed by atoms with van der Waals surface area (Å²) in [6.07, 6.45) is 12.8. The lowest BCUT2D eigenvalue weighted by Crippen LogP contribution is -2.52. The van der Waals surface area contributed by atoms with E-state index in [1.54, 1.807) is 6.21 Å². The van der Waals surface area contributed by atoms with E-state index in [0.717, 1.165) is 36.5 Å². The average Bonchev–Trinajstić information content (AvgIpc) is 2.96. The van der Waals surface area contributed by atoms with Gasteiger partial charge in [-0.05, 0) is 112 Å². The molecular formula is C22H37NO2. The number of hydrogen-bond acceptors (Lipinski definition) is 3. The maximum absolute atomic E-state index is 10.9. The van der Waals surface area contributed by atoms with Gasteiger partial charge in [0.15, 0.2) is 0 Å². The molecule has 0 aromatic carbocycles. The number of hydrogen-bond donors (Lipinski definition) is 2. The molecule has 0 bridgehead atoms. The Bertz CT molecular complexity index is 508. The van der Waals surface area contributed by atoms with Gasteiger partial charge < -0.3 is 15.3 Å². The Balaban J connectivity index is 1.47. The van der Waals surface area contributed by atoms with Crippen molar-refractivity contribution in [3.05, 3.63) is 0 Å². The highest BCUT2D eigenvalue weighted by molar-refractivity contribution is 5.59. The molecule has 3 heteroatoms. The van der Waals surface area contributed by atoms with Crippen LogP contribution in [-0.2, 0) is 4.74 Å². The van der Waals surface area contributed by atoms with E-state index < -0.39 is 5.60 Å². The summed E-state index contributed by atoms with van der Waals surface area (Å²) >= 11 is 0. The summed E-state index contributed by atoms with van der Waals surface area (Å²) in [5.74, 6) is 4.71. The molecule has 3 nitrogen and oxygen atoms in total. The first-order chi connectivity index (χ1) is 12.0. The van der Waals surface area contributed by atoms with E-state index in [-0.39, 0.29) is 0 Å². The maximum atomic E-state index is 10.9. The first-order valence-corrected chi connectivity index (χ1v) is 10.8. The lowest BCUT2D eigenvalue weighted by atomic mass is 9.49. The van der Waals surface area contributed by atoms with Gasteiger partial charge in [-0.15, -0.1) is 0 Å². The Kier molecular flexibility index (Phi) is 4.77. The van der Waals surface area contributed by atoms with Crippen LogP contribution < -0.4 is 0 Å². The smallest absolute Gasteiger partial charge is 0.0883 e. The summed E-state index contributed by atoms with van der Waals surface area (Å²) in [6, 6.07) is 0. The van der Waals surface area contributed by atoms with Gasteiger partial charge in [0.05, 0.1) is 12.2 Å². The normalized spacial score (nSPS) is 52.1. The van der Waals surface area contributed by atoms with Gasteiger partial charge in [-0.2, -0.15) is 0 Å². The molecule has 4 aliphatic carbocycles. The largest absolute Gasteiger partial charge is 0.387 e. The van der Waals surface area contributed by atoms with Crippen LogP contribution in [0.3, 0.4) is 0 Å². The van der Waals surface area contributed by atoms with Crippen LogP contribution in [0.4, 0.5) is 0 Å². The van der Waals surface area contributed by atoms with Crippen molar-refractivity contribution >= 4 is 6.21 Å². The topological polar surface area (TPSA) is 53.3 Å². The number of nitrogens with one attached hydrogen (secondary N) is 1. The predicted molar refractivity (Wildman–Crippen MR) is 101 cm³/mol. The molecule has 4 fully saturated rings. The number of aliphatic hydroxyl groups is 1. The van der Waals surface area contributed by atoms with Crippen LogP contribution in [-0.4, -0.2) is 30.1 Å². The van der Waals surface area contributed by atoms with Crippen molar-refractivity contribution in [2.75, 3.05) is 13.2 Å². The summed E-state index contributed by atoms with van der Waals surface area (Å²) in [4.78, 5) is 0. The van der Waals surface area contributed by atoms with Crippen LogP contribution in [0, 0.1) is 46.3 Å². The fraction of sp³-hybridized carbons (Fsp3) is 0.955. The molecular weight excluding hydrogens is 310 g/mol. The standard InChI is InChI=1S/C22H37NO2/c1-3-25-14-22(24)11-9-17-15(12-22)4-6-19-18(17)8-10-21(2)16(13-23)5-7-20(19)21/h13,15-20,23-24H,3-12,14H2,1-2H3/t15-,16-,17+,18-,19-,20+,21-,22-/m1/s1. The lowest BCUT2D eigenvalue weighted by Gasteiger charge is -2.57. The van der Waals surface area contributed by atoms with Crippen molar-refractivity contribution in [2.45, 2.75) is 77.2 Å². The number of rotatable bonds is 4. The molecule has 0 radical (unpaired) electrons. The van der Waals surface area contributed by atoms with E-state index in [1.807, 2.05) is 6.92 Å². The fourth-order valence-electron chi connectivity index (χ4n) is 7.70. The van der Waals surface area contributed by atoms with Gasteiger partial charge in [-0.1, -0.05) is 6.92 Å². The van der Waals surface area contributed by atoms with E-state index in [1.165, 1.54) is 44.9 Å². The monoisotopic (exact) mass is 347 g/mol. The van der Waals surface area contributed by atoms with Crippen molar-refractivity contribution in [3.8, 4) is 0 Å². The van der Waals surface area contributed by atoms with Crippen molar-refractivity contribution in [1.29, 1.82) is 5.41 Å². The zero-order valence-corrected chi connectivity index (χ0v) is 16.2. The van der Waals surface area contributed by atoms with E-state index in [9.17, 15) is 5.11 Å². The van der Waals surface area contributed by atoms with Crippen LogP contribution in [0.5, 0.6) is 0 Å². The molecule has 2 N–H and O–H groups in total. The molecule has 0 amide bonds. The second-order valence-corrected chi connectivity index (χ2v) is 9.93. The Morgan fingerprint density at radius 2 is 1.84 bits per heavy atom. The molecule has 4 saturated carbocycles. The highest BCUT2D eigenvalue weighted by Crippen LogP contribution is 2.64. The van der Waals surface area contributed by atoms with Crippen LogP contribution in [0.15, 0.2) is 0 Å². The second-order valence-electron chi connectivity index (χ2n) is 9.93. The van der Waals surface area contributed by atoms with Gasteiger partial charge in [-0.3, -0.25) is 0 Å². The Hall–Kier alpha value is -0.410. The number of fused-ring (bicyclic) bond motifs is 5. The molecule has 8 atom stereocenters. The van der Waals surface area contributed by atoms with E-state index >= 15 is 0 Å². The quantitative estimate of drug-likeness (QED) is 0.726. The third kappa shape index (κ3) is 2.90. The maximum Gasteiger partial charge on any atom is 0.0883 e. The van der Waals surface area contributed by atoms with Crippen LogP contribution >= 0.6 is 0 Å². The average molecular weight is 348 g/mol. The van der Waals surface area contributed by atoms with Crippen molar-refractivity contribution in [3.63, 3.8) is 0 Å². The molecule has 0 aromatic heterocycles. The number of ether oxygens (including phenoxy) is 1. The predicted octanol–water partition coefficient (Wildman–Crippen LogP) is 4.67. The third-order valence-corrected chi connectivity index (χ3v) is 8.95. The SMILES string of the molecule is CCOC[C@@]1(O)CC[C@H]2[C@H](CC[C@@H]3[C@@H]2CC[C@]2(C)[C@@H](C=N)CC[C@@H]32)C1. The molecule has 4 rings (SSSR count). The molecule has 0 aromatic rings. The summed E-state index contributed by atoms with van der Waals surface area (Å²) in [7, 11) is 0. The summed E-state index contributed by atoms with van der Waals surface area (Å²) in [5, 5.41) is 18.8. The Morgan fingerprint density at radius 3 is 2.60 bits per heavy atom. The summed E-state index contributed by atoms with van der Waals surface area (Å²) in [6.45, 7) is 5.74. The molecule has 0 aliphatic heterocycles. The minimum absolute atomic E-state index is 0.403. The minimum atomic E-state index is -0.564. The van der Waals surface area contributed by atoms with Gasteiger partial charge >= 0.3 is 0 Å². The molecule has 0 unspecified atom stereocenters. The Labute approximate surface area is 153 Å². The molecule has 142 valence electrons. The second kappa shape index (κ2) is 6.64. The molecule has 0 saturated heterocycles. The highest BCUT2D eigenvalue weighted by Gasteiger charge is 2.57. The van der Waals surface area contributed by atoms with E-state index in [0.29, 0.717) is 30.5 Å². The minimum Gasteiger partial charge on any atom is -0.387 e. The van der Waals surface area contributed by atoms with Crippen molar-refractivity contribution < 1.29 is 9.84 Å². The Morgan fingerprint density at radius 1 is 1.04 bits per heavy atom. The zero-order chi connectivity index (χ0) is 17.7. The molecule has 0 spiro atoms. The van der Waals surface area contributed by atoms with E-state index in [4.69, 9.17) is 10.1 Å². The van der Waals surface area contributed by atoms with E-state index in [2.05, 4.69) is 6.92 Å². The van der Waals surface area contributed by atoms with Gasteiger partial charge in [0.25, 0.3) is 0 Å². The van der Waals surface area contributed by atoms with Gasteiger partial charge in [0.2, 0.25) is 0 Å². The van der Waals surface area contributed by atoms with Gasteiger partial charge in [0, 0.05) is 6.61 Å². The first-order valence-electron chi connectivity index (χ1n) is 10.8. The van der Waals surface area contributed by atoms with Crippen molar-refractivity contribution in [2.24, 2.45) is 40.9 Å². The molecule has 25 heavy (non-hydrogen) atoms. The molecule has 4 aliphatic rings.